The van der Waals surface area contributed by atoms with Crippen molar-refractivity contribution in [3.8, 4) is 0 Å². The zero-order valence-corrected chi connectivity index (χ0v) is 23.7. The molecule has 1 N–H and O–H groups in total. The molecular weight excluding hydrogens is 522 g/mol. The summed E-state index contributed by atoms with van der Waals surface area (Å²) < 4.78 is 28.7. The molecule has 0 aliphatic rings. The minimum atomic E-state index is -4.13. The Morgan fingerprint density at radius 3 is 2.11 bits per heavy atom. The van der Waals surface area contributed by atoms with Crippen LogP contribution in [0.4, 0.5) is 5.69 Å². The van der Waals surface area contributed by atoms with E-state index in [1.165, 1.54) is 29.2 Å². The maximum atomic E-state index is 13.8. The summed E-state index contributed by atoms with van der Waals surface area (Å²) in [6, 6.07) is 21.5. The number of hydrogen-bond donors (Lipinski definition) is 1. The average Bonchev–Trinajstić information content (AvgIpc) is 2.88. The highest BCUT2D eigenvalue weighted by atomic mass is 35.5. The fourth-order valence-corrected chi connectivity index (χ4v) is 5.67. The number of carbonyl (C=O) groups is 2. The molecule has 0 fully saturated rings. The van der Waals surface area contributed by atoms with E-state index in [4.69, 9.17) is 11.6 Å². The summed E-state index contributed by atoms with van der Waals surface area (Å²) in [5, 5.41) is 3.26. The molecule has 0 heterocycles. The number of amides is 2. The van der Waals surface area contributed by atoms with E-state index in [9.17, 15) is 18.0 Å². The van der Waals surface area contributed by atoms with Crippen LogP contribution in [0.3, 0.4) is 0 Å². The normalized spacial score (nSPS) is 12.2. The predicted molar refractivity (Wildman–Crippen MR) is 152 cm³/mol. The van der Waals surface area contributed by atoms with Crippen LogP contribution in [-0.4, -0.2) is 50.3 Å². The fourth-order valence-electron chi connectivity index (χ4n) is 4.07. The number of halogens is 1. The highest BCUT2D eigenvalue weighted by Crippen LogP contribution is 2.28. The molecule has 0 saturated carbocycles. The summed E-state index contributed by atoms with van der Waals surface area (Å²) in [6.45, 7) is 6.92. The zero-order chi connectivity index (χ0) is 27.9. The van der Waals surface area contributed by atoms with Gasteiger partial charge in [-0.05, 0) is 75.6 Å². The molecular formula is C29H34ClN3O4S. The second-order valence-corrected chi connectivity index (χ2v) is 11.7. The van der Waals surface area contributed by atoms with Gasteiger partial charge in [-0.3, -0.25) is 13.9 Å². The standard InChI is InChI=1S/C29H34ClN3O4S/c1-21(2)31-29(35)23(4)32(19-18-24-11-6-5-7-12-24)28(34)20-33(27-13-9-8-10-22(27)3)38(36,37)26-16-14-25(30)15-17-26/h5-17,21,23H,18-20H2,1-4H3,(H,31,35)/t23-/m0/s1. The Hall–Kier alpha value is -3.36. The topological polar surface area (TPSA) is 86.8 Å². The van der Waals surface area contributed by atoms with Gasteiger partial charge in [0.1, 0.15) is 12.6 Å². The Morgan fingerprint density at radius 2 is 1.50 bits per heavy atom. The molecule has 38 heavy (non-hydrogen) atoms. The molecule has 0 aliphatic carbocycles. The third-order valence-corrected chi connectivity index (χ3v) is 8.17. The molecule has 0 bridgehead atoms. The van der Waals surface area contributed by atoms with E-state index in [0.717, 1.165) is 9.87 Å². The summed E-state index contributed by atoms with van der Waals surface area (Å²) in [4.78, 5) is 28.2. The number of rotatable bonds is 11. The first-order valence-corrected chi connectivity index (χ1v) is 14.3. The van der Waals surface area contributed by atoms with E-state index in [1.54, 1.807) is 38.1 Å². The van der Waals surface area contributed by atoms with Crippen LogP contribution >= 0.6 is 11.6 Å². The third-order valence-electron chi connectivity index (χ3n) is 6.15. The molecule has 0 spiro atoms. The molecule has 0 aliphatic heterocycles. The van der Waals surface area contributed by atoms with Crippen LogP contribution in [0, 0.1) is 6.92 Å². The van der Waals surface area contributed by atoms with E-state index < -0.39 is 28.5 Å². The summed E-state index contributed by atoms with van der Waals surface area (Å²) in [6.07, 6.45) is 0.514. The van der Waals surface area contributed by atoms with Crippen LogP contribution in [-0.2, 0) is 26.0 Å². The van der Waals surface area contributed by atoms with Gasteiger partial charge in [-0.2, -0.15) is 0 Å². The van der Waals surface area contributed by atoms with Gasteiger partial charge in [-0.1, -0.05) is 60.1 Å². The lowest BCUT2D eigenvalue weighted by Gasteiger charge is -2.32. The zero-order valence-electron chi connectivity index (χ0n) is 22.1. The SMILES string of the molecule is Cc1ccccc1N(CC(=O)N(CCc1ccccc1)[C@@H](C)C(=O)NC(C)C)S(=O)(=O)c1ccc(Cl)cc1. The second kappa shape index (κ2) is 12.9. The van der Waals surface area contributed by atoms with Gasteiger partial charge in [0.2, 0.25) is 11.8 Å². The van der Waals surface area contributed by atoms with Crippen LogP contribution < -0.4 is 9.62 Å². The maximum absolute atomic E-state index is 13.8. The first kappa shape index (κ1) is 29.2. The lowest BCUT2D eigenvalue weighted by molar-refractivity contribution is -0.139. The van der Waals surface area contributed by atoms with Gasteiger partial charge in [0, 0.05) is 17.6 Å². The minimum Gasteiger partial charge on any atom is -0.352 e. The summed E-state index contributed by atoms with van der Waals surface area (Å²) in [5.41, 5.74) is 2.09. The van der Waals surface area contributed by atoms with Crippen molar-refractivity contribution in [2.24, 2.45) is 0 Å². The van der Waals surface area contributed by atoms with Crippen molar-refractivity contribution in [2.45, 2.75) is 51.1 Å². The lowest BCUT2D eigenvalue weighted by atomic mass is 10.1. The fraction of sp³-hybridized carbons (Fsp3) is 0.310. The molecule has 0 unspecified atom stereocenters. The first-order chi connectivity index (χ1) is 18.0. The number of carbonyl (C=O) groups excluding carboxylic acids is 2. The number of hydrogen-bond acceptors (Lipinski definition) is 4. The van der Waals surface area contributed by atoms with E-state index >= 15 is 0 Å². The molecule has 9 heteroatoms. The van der Waals surface area contributed by atoms with Gasteiger partial charge in [0.15, 0.2) is 0 Å². The average molecular weight is 556 g/mol. The number of aryl methyl sites for hydroxylation is 1. The van der Waals surface area contributed by atoms with E-state index in [2.05, 4.69) is 5.32 Å². The highest BCUT2D eigenvalue weighted by Gasteiger charge is 2.33. The van der Waals surface area contributed by atoms with E-state index in [0.29, 0.717) is 22.7 Å². The van der Waals surface area contributed by atoms with Gasteiger partial charge < -0.3 is 10.2 Å². The van der Waals surface area contributed by atoms with Crippen molar-refractivity contribution in [2.75, 3.05) is 17.4 Å². The summed E-state index contributed by atoms with van der Waals surface area (Å²) in [7, 11) is -4.13. The van der Waals surface area contributed by atoms with Crippen molar-refractivity contribution < 1.29 is 18.0 Å². The predicted octanol–water partition coefficient (Wildman–Crippen LogP) is 4.83. The van der Waals surface area contributed by atoms with Gasteiger partial charge in [-0.15, -0.1) is 0 Å². The van der Waals surface area contributed by atoms with Gasteiger partial charge in [-0.25, -0.2) is 8.42 Å². The van der Waals surface area contributed by atoms with Crippen LogP contribution in [0.25, 0.3) is 0 Å². The largest absolute Gasteiger partial charge is 0.352 e. The molecule has 7 nitrogen and oxygen atoms in total. The summed E-state index contributed by atoms with van der Waals surface area (Å²) in [5.74, 6) is -0.780. The van der Waals surface area contributed by atoms with Gasteiger partial charge in [0.05, 0.1) is 10.6 Å². The van der Waals surface area contributed by atoms with Crippen molar-refractivity contribution >= 4 is 39.1 Å². The van der Waals surface area contributed by atoms with Crippen molar-refractivity contribution in [3.63, 3.8) is 0 Å². The van der Waals surface area contributed by atoms with Crippen LogP contribution in [0.5, 0.6) is 0 Å². The third kappa shape index (κ3) is 7.36. The Kier molecular flexibility index (Phi) is 9.94. The Labute approximate surface area is 230 Å². The van der Waals surface area contributed by atoms with E-state index in [-0.39, 0.29) is 23.4 Å². The number of sulfonamides is 1. The minimum absolute atomic E-state index is 0.0133. The number of anilines is 1. The number of nitrogens with one attached hydrogen (secondary N) is 1. The quantitative estimate of drug-likeness (QED) is 0.367. The molecule has 0 radical (unpaired) electrons. The Morgan fingerprint density at radius 1 is 0.895 bits per heavy atom. The molecule has 0 saturated heterocycles. The molecule has 1 atom stereocenters. The smallest absolute Gasteiger partial charge is 0.264 e. The molecule has 3 aromatic rings. The number of nitrogens with zero attached hydrogens (tertiary/aromatic N) is 2. The summed E-state index contributed by atoms with van der Waals surface area (Å²) >= 11 is 5.99. The van der Waals surface area contributed by atoms with Crippen LogP contribution in [0.2, 0.25) is 5.02 Å². The number of benzene rings is 3. The molecule has 0 aromatic heterocycles. The second-order valence-electron chi connectivity index (χ2n) is 9.41. The highest BCUT2D eigenvalue weighted by molar-refractivity contribution is 7.92. The molecule has 2 amide bonds. The monoisotopic (exact) mass is 555 g/mol. The maximum Gasteiger partial charge on any atom is 0.264 e. The molecule has 202 valence electrons. The first-order valence-electron chi connectivity index (χ1n) is 12.5. The number of para-hydroxylation sites is 1. The Bertz CT molecular complexity index is 1350. The van der Waals surface area contributed by atoms with Crippen molar-refractivity contribution in [3.05, 3.63) is 95.0 Å². The van der Waals surface area contributed by atoms with Gasteiger partial charge in [0.25, 0.3) is 10.0 Å². The van der Waals surface area contributed by atoms with E-state index in [1.807, 2.05) is 44.2 Å². The van der Waals surface area contributed by atoms with Crippen LogP contribution in [0.15, 0.2) is 83.8 Å². The molecule has 3 rings (SSSR count). The lowest BCUT2D eigenvalue weighted by Crippen LogP contribution is -2.53. The van der Waals surface area contributed by atoms with Crippen molar-refractivity contribution in [1.29, 1.82) is 0 Å². The van der Waals surface area contributed by atoms with Crippen LogP contribution in [0.1, 0.15) is 31.9 Å². The van der Waals surface area contributed by atoms with Gasteiger partial charge >= 0.3 is 0 Å². The van der Waals surface area contributed by atoms with Crippen molar-refractivity contribution in [1.82, 2.24) is 10.2 Å². The Balaban J connectivity index is 1.99. The molecule has 3 aromatic carbocycles.